The number of carbonyl (C=O) groups excluding carboxylic acids is 1. The monoisotopic (exact) mass is 418 g/mol. The number of aliphatic carboxylic acids is 1. The van der Waals surface area contributed by atoms with Crippen LogP contribution in [-0.2, 0) is 19.1 Å². The van der Waals surface area contributed by atoms with E-state index in [9.17, 15) is 9.59 Å². The molecule has 29 heavy (non-hydrogen) atoms. The van der Waals surface area contributed by atoms with Crippen molar-refractivity contribution in [2.45, 2.75) is 43.6 Å². The summed E-state index contributed by atoms with van der Waals surface area (Å²) in [4.78, 5) is 32.5. The number of rotatable bonds is 8. The van der Waals surface area contributed by atoms with E-state index in [1.807, 2.05) is 23.6 Å². The van der Waals surface area contributed by atoms with Crippen LogP contribution in [0.2, 0.25) is 0 Å². The van der Waals surface area contributed by atoms with Crippen LogP contribution in [0.3, 0.4) is 0 Å². The van der Waals surface area contributed by atoms with E-state index in [0.717, 1.165) is 10.6 Å². The minimum atomic E-state index is -0.902. The molecule has 4 heterocycles. The van der Waals surface area contributed by atoms with Crippen LogP contribution in [0.5, 0.6) is 0 Å². The highest BCUT2D eigenvalue weighted by molar-refractivity contribution is 7.13. The minimum Gasteiger partial charge on any atom is -0.481 e. The van der Waals surface area contributed by atoms with Crippen molar-refractivity contribution in [2.24, 2.45) is 0 Å². The Labute approximate surface area is 171 Å². The third kappa shape index (κ3) is 4.72. The maximum Gasteiger partial charge on any atom is 0.303 e. The van der Waals surface area contributed by atoms with Crippen LogP contribution in [0, 0.1) is 0 Å². The predicted molar refractivity (Wildman–Crippen MR) is 106 cm³/mol. The van der Waals surface area contributed by atoms with Gasteiger partial charge >= 0.3 is 5.97 Å². The summed E-state index contributed by atoms with van der Waals surface area (Å²) in [6.45, 7) is 0.779. The standard InChI is InChI=1S/C19H22N4O5S/c24-15(4-1-5-16(25)26)21-12-9-27-18-13(10-28-17(12)18)23-19-20-7-6-11(22-19)14-3-2-8-29-14/h2-3,6-8,12-13,17-18H,1,4-5,9-10H2,(H,21,24)(H,25,26)(H,20,22,23)/t12-,13+,17-,18+/m0/s1. The Hall–Kier alpha value is -2.56. The average molecular weight is 418 g/mol. The second kappa shape index (κ2) is 8.85. The first-order chi connectivity index (χ1) is 14.1. The van der Waals surface area contributed by atoms with Gasteiger partial charge in [-0.3, -0.25) is 9.59 Å². The Morgan fingerprint density at radius 1 is 1.17 bits per heavy atom. The summed E-state index contributed by atoms with van der Waals surface area (Å²) < 4.78 is 11.7. The molecule has 0 bridgehead atoms. The van der Waals surface area contributed by atoms with Gasteiger partial charge in [0.2, 0.25) is 11.9 Å². The fourth-order valence-electron chi connectivity index (χ4n) is 3.58. The molecule has 2 aromatic heterocycles. The maximum absolute atomic E-state index is 12.0. The Morgan fingerprint density at radius 3 is 2.72 bits per heavy atom. The summed E-state index contributed by atoms with van der Waals surface area (Å²) >= 11 is 1.62. The van der Waals surface area contributed by atoms with Gasteiger partial charge in [0.15, 0.2) is 0 Å². The Bertz CT molecular complexity index is 862. The van der Waals surface area contributed by atoms with Crippen molar-refractivity contribution in [3.8, 4) is 10.6 Å². The molecule has 0 aliphatic carbocycles. The molecule has 2 saturated heterocycles. The van der Waals surface area contributed by atoms with Gasteiger partial charge in [0, 0.05) is 19.0 Å². The van der Waals surface area contributed by atoms with Gasteiger partial charge in [-0.15, -0.1) is 11.3 Å². The number of nitrogens with one attached hydrogen (secondary N) is 2. The fourth-order valence-corrected chi connectivity index (χ4v) is 4.28. The van der Waals surface area contributed by atoms with E-state index < -0.39 is 5.97 Å². The van der Waals surface area contributed by atoms with Crippen LogP contribution in [0.15, 0.2) is 29.8 Å². The number of hydrogen-bond donors (Lipinski definition) is 3. The first-order valence-corrected chi connectivity index (χ1v) is 10.4. The molecule has 10 heteroatoms. The summed E-state index contributed by atoms with van der Waals surface area (Å²) in [5.41, 5.74) is 0.854. The summed E-state index contributed by atoms with van der Waals surface area (Å²) in [6, 6.07) is 5.49. The predicted octanol–water partition coefficient (Wildman–Crippen LogP) is 1.52. The van der Waals surface area contributed by atoms with Gasteiger partial charge in [-0.05, 0) is 23.9 Å². The smallest absolute Gasteiger partial charge is 0.303 e. The van der Waals surface area contributed by atoms with E-state index >= 15 is 0 Å². The lowest BCUT2D eigenvalue weighted by Crippen LogP contribution is -2.44. The number of ether oxygens (including phenoxy) is 2. The molecule has 3 N–H and O–H groups in total. The number of thiophene rings is 1. The Morgan fingerprint density at radius 2 is 1.97 bits per heavy atom. The summed E-state index contributed by atoms with van der Waals surface area (Å²) in [5.74, 6) is -0.581. The normalized spacial score (nSPS) is 25.5. The highest BCUT2D eigenvalue weighted by Crippen LogP contribution is 2.29. The van der Waals surface area contributed by atoms with Crippen molar-refractivity contribution in [1.82, 2.24) is 15.3 Å². The largest absolute Gasteiger partial charge is 0.481 e. The molecule has 0 aromatic carbocycles. The number of hydrogen-bond acceptors (Lipinski definition) is 8. The number of carbonyl (C=O) groups is 2. The third-order valence-electron chi connectivity index (χ3n) is 4.94. The van der Waals surface area contributed by atoms with Crippen LogP contribution in [0.4, 0.5) is 5.95 Å². The number of anilines is 1. The summed E-state index contributed by atoms with van der Waals surface area (Å²) in [7, 11) is 0. The van der Waals surface area contributed by atoms with Gasteiger partial charge in [0.05, 0.1) is 35.9 Å². The fraction of sp³-hybridized carbons (Fsp3) is 0.474. The molecule has 2 aliphatic heterocycles. The number of amides is 1. The number of fused-ring (bicyclic) bond motifs is 1. The van der Waals surface area contributed by atoms with Crippen molar-refractivity contribution in [1.29, 1.82) is 0 Å². The lowest BCUT2D eigenvalue weighted by molar-refractivity contribution is -0.137. The molecular formula is C19H22N4O5S. The topological polar surface area (TPSA) is 123 Å². The van der Waals surface area contributed by atoms with Crippen LogP contribution >= 0.6 is 11.3 Å². The zero-order valence-corrected chi connectivity index (χ0v) is 16.4. The molecule has 2 aromatic rings. The first-order valence-electron chi connectivity index (χ1n) is 9.48. The van der Waals surface area contributed by atoms with Gasteiger partial charge in [0.25, 0.3) is 0 Å². The van der Waals surface area contributed by atoms with Crippen molar-refractivity contribution >= 4 is 29.2 Å². The first kappa shape index (κ1) is 19.7. The van der Waals surface area contributed by atoms with E-state index in [-0.39, 0.29) is 43.0 Å². The van der Waals surface area contributed by atoms with E-state index in [1.54, 1.807) is 17.5 Å². The molecule has 154 valence electrons. The molecule has 0 saturated carbocycles. The molecule has 2 aliphatic rings. The van der Waals surface area contributed by atoms with Crippen molar-refractivity contribution in [3.63, 3.8) is 0 Å². The quantitative estimate of drug-likeness (QED) is 0.590. The van der Waals surface area contributed by atoms with Gasteiger partial charge in [-0.2, -0.15) is 0 Å². The van der Waals surface area contributed by atoms with Crippen molar-refractivity contribution in [3.05, 3.63) is 29.8 Å². The van der Waals surface area contributed by atoms with E-state index in [1.165, 1.54) is 0 Å². The van der Waals surface area contributed by atoms with Crippen LogP contribution < -0.4 is 10.6 Å². The third-order valence-corrected chi connectivity index (χ3v) is 5.83. The van der Waals surface area contributed by atoms with Crippen molar-refractivity contribution < 1.29 is 24.2 Å². The highest BCUT2D eigenvalue weighted by atomic mass is 32.1. The number of carboxylic acids is 1. The molecule has 0 radical (unpaired) electrons. The molecular weight excluding hydrogens is 396 g/mol. The van der Waals surface area contributed by atoms with Gasteiger partial charge < -0.3 is 25.2 Å². The molecule has 2 fully saturated rings. The number of carboxylic acid groups (broad SMARTS) is 1. The van der Waals surface area contributed by atoms with E-state index in [4.69, 9.17) is 14.6 Å². The van der Waals surface area contributed by atoms with Crippen LogP contribution in [0.1, 0.15) is 19.3 Å². The molecule has 4 rings (SSSR count). The SMILES string of the molecule is O=C(O)CCCC(=O)N[C@H]1CO[C@H]2[C@H]1OC[C@H]2Nc1nccc(-c2cccs2)n1. The van der Waals surface area contributed by atoms with Crippen molar-refractivity contribution in [2.75, 3.05) is 18.5 Å². The Kier molecular flexibility index (Phi) is 6.02. The number of aromatic nitrogens is 2. The molecule has 1 amide bonds. The Balaban J connectivity index is 1.32. The average Bonchev–Trinajstić information content (AvgIpc) is 3.42. The second-order valence-electron chi connectivity index (χ2n) is 7.01. The lowest BCUT2D eigenvalue weighted by atomic mass is 10.1. The van der Waals surface area contributed by atoms with Gasteiger partial charge in [-0.1, -0.05) is 6.07 Å². The zero-order chi connectivity index (χ0) is 20.2. The van der Waals surface area contributed by atoms with Crippen LogP contribution in [-0.4, -0.2) is 64.5 Å². The number of nitrogens with zero attached hydrogens (tertiary/aromatic N) is 2. The molecule has 0 spiro atoms. The van der Waals surface area contributed by atoms with E-state index in [2.05, 4.69) is 20.6 Å². The second-order valence-corrected chi connectivity index (χ2v) is 7.96. The molecule has 0 unspecified atom stereocenters. The molecule has 4 atom stereocenters. The minimum absolute atomic E-state index is 0.0202. The lowest BCUT2D eigenvalue weighted by Gasteiger charge is -2.18. The van der Waals surface area contributed by atoms with Crippen LogP contribution in [0.25, 0.3) is 10.6 Å². The molecule has 9 nitrogen and oxygen atoms in total. The summed E-state index contributed by atoms with van der Waals surface area (Å²) in [6.07, 6.45) is 1.71. The zero-order valence-electron chi connectivity index (χ0n) is 15.6. The van der Waals surface area contributed by atoms with E-state index in [0.29, 0.717) is 25.6 Å². The van der Waals surface area contributed by atoms with Gasteiger partial charge in [-0.25, -0.2) is 9.97 Å². The highest BCUT2D eigenvalue weighted by Gasteiger charge is 2.48. The van der Waals surface area contributed by atoms with Gasteiger partial charge in [0.1, 0.15) is 12.2 Å². The summed E-state index contributed by atoms with van der Waals surface area (Å²) in [5, 5.41) is 16.9. The maximum atomic E-state index is 12.0.